The molecule has 0 heterocycles. The van der Waals surface area contributed by atoms with E-state index in [1.165, 1.54) is 18.2 Å². The Balaban J connectivity index is 1.34. The van der Waals surface area contributed by atoms with Crippen molar-refractivity contribution in [3.05, 3.63) is 131 Å². The van der Waals surface area contributed by atoms with Crippen LogP contribution >= 0.6 is 0 Å². The average Bonchev–Trinajstić information content (AvgIpc) is 3.02. The van der Waals surface area contributed by atoms with E-state index >= 15 is 22.0 Å². The zero-order valence-electron chi connectivity index (χ0n) is 25.9. The van der Waals surface area contributed by atoms with Crippen LogP contribution < -0.4 is 9.47 Å². The van der Waals surface area contributed by atoms with Crippen LogP contribution in [-0.2, 0) is 12.5 Å². The van der Waals surface area contributed by atoms with Gasteiger partial charge in [0.1, 0.15) is 34.6 Å². The van der Waals surface area contributed by atoms with Crippen molar-refractivity contribution < 1.29 is 57.8 Å². The first-order valence-corrected chi connectivity index (χ1v) is 15.1. The first-order valence-electron chi connectivity index (χ1n) is 15.1. The van der Waals surface area contributed by atoms with Crippen molar-refractivity contribution in [1.29, 1.82) is 0 Å². The molecule has 13 heteroatoms. The molecule has 0 fully saturated rings. The minimum absolute atomic E-state index is 0.0473. The van der Waals surface area contributed by atoms with E-state index in [9.17, 15) is 26.3 Å². The molecule has 0 saturated heterocycles. The fourth-order valence-electron chi connectivity index (χ4n) is 5.31. The zero-order valence-corrected chi connectivity index (χ0v) is 25.9. The highest BCUT2D eigenvalue weighted by atomic mass is 19.4. The van der Waals surface area contributed by atoms with E-state index in [0.717, 1.165) is 61.2 Å². The Labute approximate surface area is 278 Å². The first-order chi connectivity index (χ1) is 23.6. The van der Waals surface area contributed by atoms with Gasteiger partial charge in [0.25, 0.3) is 0 Å². The highest BCUT2D eigenvalue weighted by Crippen LogP contribution is 2.39. The van der Waals surface area contributed by atoms with Crippen LogP contribution in [0.2, 0.25) is 0 Å². The van der Waals surface area contributed by atoms with Gasteiger partial charge in [0, 0.05) is 11.1 Å². The third-order valence-electron chi connectivity index (χ3n) is 7.68. The summed E-state index contributed by atoms with van der Waals surface area (Å²) in [6.45, 7) is 2.04. The minimum atomic E-state index is -5.36. The largest absolute Gasteiger partial charge is 0.573 e. The molecular weight excluding hydrogens is 685 g/mol. The lowest BCUT2D eigenvalue weighted by atomic mass is 9.96. The molecule has 0 spiro atoms. The van der Waals surface area contributed by atoms with Crippen molar-refractivity contribution in [2.75, 3.05) is 0 Å². The number of aryl methyl sites for hydroxylation is 1. The topological polar surface area (TPSA) is 18.5 Å². The Morgan fingerprint density at radius 3 is 1.58 bits per heavy atom. The smallest absolute Gasteiger partial charge is 0.429 e. The maximum Gasteiger partial charge on any atom is 0.573 e. The Morgan fingerprint density at radius 1 is 0.500 bits per heavy atom. The molecule has 0 aliphatic rings. The van der Waals surface area contributed by atoms with Crippen LogP contribution in [0.1, 0.15) is 37.3 Å². The summed E-state index contributed by atoms with van der Waals surface area (Å²) in [7, 11) is 0. The molecule has 5 rings (SSSR count). The van der Waals surface area contributed by atoms with Crippen LogP contribution in [0.5, 0.6) is 11.5 Å². The number of benzene rings is 5. The van der Waals surface area contributed by atoms with Crippen molar-refractivity contribution in [1.82, 2.24) is 0 Å². The fourth-order valence-corrected chi connectivity index (χ4v) is 5.31. The van der Waals surface area contributed by atoms with E-state index in [4.69, 9.17) is 0 Å². The second-order valence-electron chi connectivity index (χ2n) is 11.2. The molecule has 0 aromatic heterocycles. The van der Waals surface area contributed by atoms with Crippen LogP contribution in [0.3, 0.4) is 0 Å². The molecule has 0 radical (unpaired) electrons. The summed E-state index contributed by atoms with van der Waals surface area (Å²) in [5.74, 6) is -10.8. The normalized spacial score (nSPS) is 11.9. The molecule has 262 valence electrons. The summed E-state index contributed by atoms with van der Waals surface area (Å²) in [6, 6.07) is 13.8. The molecule has 0 aliphatic heterocycles. The third kappa shape index (κ3) is 8.20. The van der Waals surface area contributed by atoms with Crippen LogP contribution in [0, 0.1) is 34.9 Å². The standard InChI is InChI=1S/C37H25F11O2/c1-2-3-4-5-20-6-12-26(28(38)14-20)22-9-13-27(29(39)15-22)24-18-30(40)34(31(41)19-24)36(44,45)49-25-10-7-21(8-11-25)23-16-32(42)35(33(43)17-23)50-37(46,47)48/h6-19H,2-5H2,1H3. The molecule has 50 heavy (non-hydrogen) atoms. The molecule has 0 amide bonds. The van der Waals surface area contributed by atoms with Gasteiger partial charge < -0.3 is 9.47 Å². The van der Waals surface area contributed by atoms with Gasteiger partial charge >= 0.3 is 12.5 Å². The van der Waals surface area contributed by atoms with Crippen LogP contribution in [0.15, 0.2) is 84.9 Å². The van der Waals surface area contributed by atoms with Gasteiger partial charge in [-0.15, -0.1) is 13.2 Å². The van der Waals surface area contributed by atoms with E-state index < -0.39 is 70.0 Å². The second-order valence-corrected chi connectivity index (χ2v) is 11.2. The van der Waals surface area contributed by atoms with Gasteiger partial charge in [-0.05, 0) is 89.2 Å². The molecule has 0 bridgehead atoms. The Hall–Kier alpha value is -5.07. The zero-order chi connectivity index (χ0) is 36.4. The van der Waals surface area contributed by atoms with Gasteiger partial charge in [0.2, 0.25) is 5.75 Å². The quantitative estimate of drug-likeness (QED) is 0.100. The van der Waals surface area contributed by atoms with E-state index in [-0.39, 0.29) is 27.8 Å². The average molecular weight is 711 g/mol. The summed E-state index contributed by atoms with van der Waals surface area (Å²) in [5, 5.41) is 0. The van der Waals surface area contributed by atoms with Crippen molar-refractivity contribution in [2.24, 2.45) is 0 Å². The van der Waals surface area contributed by atoms with Crippen LogP contribution in [0.25, 0.3) is 33.4 Å². The summed E-state index contributed by atoms with van der Waals surface area (Å²) in [4.78, 5) is 0. The highest BCUT2D eigenvalue weighted by molar-refractivity contribution is 5.72. The lowest BCUT2D eigenvalue weighted by Crippen LogP contribution is -2.25. The van der Waals surface area contributed by atoms with E-state index in [1.54, 1.807) is 6.07 Å². The number of unbranched alkanes of at least 4 members (excludes halogenated alkanes) is 2. The maximum atomic E-state index is 15.2. The predicted molar refractivity (Wildman–Crippen MR) is 163 cm³/mol. The highest BCUT2D eigenvalue weighted by Gasteiger charge is 2.41. The minimum Gasteiger partial charge on any atom is -0.429 e. The summed E-state index contributed by atoms with van der Waals surface area (Å²) < 4.78 is 164. The summed E-state index contributed by atoms with van der Waals surface area (Å²) in [5.41, 5.74) is -1.88. The monoisotopic (exact) mass is 710 g/mol. The maximum absolute atomic E-state index is 15.2. The molecule has 5 aromatic rings. The molecule has 0 N–H and O–H groups in total. The number of hydrogen-bond donors (Lipinski definition) is 0. The van der Waals surface area contributed by atoms with Crippen molar-refractivity contribution in [3.8, 4) is 44.9 Å². The van der Waals surface area contributed by atoms with Crippen molar-refractivity contribution in [2.45, 2.75) is 45.1 Å². The first kappa shape index (κ1) is 36.2. The number of alkyl halides is 5. The molecule has 0 atom stereocenters. The lowest BCUT2D eigenvalue weighted by Gasteiger charge is -2.20. The van der Waals surface area contributed by atoms with Crippen molar-refractivity contribution in [3.63, 3.8) is 0 Å². The number of rotatable bonds is 11. The van der Waals surface area contributed by atoms with Gasteiger partial charge in [0.05, 0.1) is 0 Å². The molecule has 2 nitrogen and oxygen atoms in total. The molecular formula is C37H25F11O2. The third-order valence-corrected chi connectivity index (χ3v) is 7.68. The molecule has 5 aromatic carbocycles. The van der Waals surface area contributed by atoms with Gasteiger partial charge in [-0.1, -0.05) is 56.2 Å². The van der Waals surface area contributed by atoms with Crippen molar-refractivity contribution >= 4 is 0 Å². The Morgan fingerprint density at radius 2 is 1.02 bits per heavy atom. The Bertz CT molecular complexity index is 1960. The predicted octanol–water partition coefficient (Wildman–Crippen LogP) is 12.3. The lowest BCUT2D eigenvalue weighted by molar-refractivity contribution is -0.276. The molecule has 0 saturated carbocycles. The SMILES string of the molecule is CCCCCc1ccc(-c2ccc(-c3cc(F)c(C(F)(F)Oc4ccc(-c5cc(F)c(OC(F)(F)F)c(F)c5)cc4)c(F)c3)c(F)c2)c(F)c1. The molecule has 0 aliphatic carbocycles. The van der Waals surface area contributed by atoms with E-state index in [0.29, 0.717) is 30.7 Å². The van der Waals surface area contributed by atoms with Crippen LogP contribution in [0.4, 0.5) is 48.3 Å². The van der Waals surface area contributed by atoms with Gasteiger partial charge in [-0.25, -0.2) is 26.3 Å². The second kappa shape index (κ2) is 14.4. The summed E-state index contributed by atoms with van der Waals surface area (Å²) in [6.07, 6.45) is -6.43. The number of hydrogen-bond acceptors (Lipinski definition) is 2. The molecule has 0 unspecified atom stereocenters. The van der Waals surface area contributed by atoms with Gasteiger partial charge in [-0.2, -0.15) is 8.78 Å². The number of ether oxygens (including phenoxy) is 2. The summed E-state index contributed by atoms with van der Waals surface area (Å²) >= 11 is 0. The number of halogens is 11. The van der Waals surface area contributed by atoms with Gasteiger partial charge in [0.15, 0.2) is 11.6 Å². The Kier molecular flexibility index (Phi) is 10.4. The van der Waals surface area contributed by atoms with Gasteiger partial charge in [-0.3, -0.25) is 0 Å². The van der Waals surface area contributed by atoms with E-state index in [2.05, 4.69) is 9.47 Å². The fraction of sp³-hybridized carbons (Fsp3) is 0.189. The van der Waals surface area contributed by atoms with E-state index in [1.807, 2.05) is 6.92 Å². The van der Waals surface area contributed by atoms with Crippen LogP contribution in [-0.4, -0.2) is 6.36 Å².